The maximum atomic E-state index is 12.9. The van der Waals surface area contributed by atoms with Gasteiger partial charge in [0.15, 0.2) is 0 Å². The zero-order valence-electron chi connectivity index (χ0n) is 16.8. The van der Waals surface area contributed by atoms with Crippen molar-refractivity contribution in [3.63, 3.8) is 0 Å². The van der Waals surface area contributed by atoms with E-state index in [9.17, 15) is 16.8 Å². The first-order valence-electron chi connectivity index (χ1n) is 9.12. The van der Waals surface area contributed by atoms with Gasteiger partial charge in [0.2, 0.25) is 10.0 Å². The second kappa shape index (κ2) is 9.34. The van der Waals surface area contributed by atoms with Crippen molar-refractivity contribution in [3.05, 3.63) is 47.0 Å². The van der Waals surface area contributed by atoms with Gasteiger partial charge in [-0.2, -0.15) is 4.31 Å². The summed E-state index contributed by atoms with van der Waals surface area (Å²) in [7, 11) is -7.84. The van der Waals surface area contributed by atoms with Crippen LogP contribution in [0.5, 0.6) is 5.75 Å². The van der Waals surface area contributed by atoms with Crippen LogP contribution in [0.3, 0.4) is 0 Å². The smallest absolute Gasteiger partial charge is 0.263 e. The zero-order chi connectivity index (χ0) is 21.8. The highest BCUT2D eigenvalue weighted by Crippen LogP contribution is 2.32. The van der Waals surface area contributed by atoms with E-state index in [1.165, 1.54) is 28.6 Å². The molecule has 1 N–H and O–H groups in total. The van der Waals surface area contributed by atoms with E-state index in [4.69, 9.17) is 16.3 Å². The van der Waals surface area contributed by atoms with Crippen LogP contribution >= 0.6 is 11.6 Å². The maximum absolute atomic E-state index is 12.9. The molecule has 0 radical (unpaired) electrons. The summed E-state index contributed by atoms with van der Waals surface area (Å²) in [6.07, 6.45) is 0. The van der Waals surface area contributed by atoms with Crippen molar-refractivity contribution >= 4 is 37.3 Å². The van der Waals surface area contributed by atoms with E-state index >= 15 is 0 Å². The topological polar surface area (TPSA) is 92.8 Å². The summed E-state index contributed by atoms with van der Waals surface area (Å²) in [6, 6.07) is 8.67. The summed E-state index contributed by atoms with van der Waals surface area (Å²) in [6.45, 7) is 7.89. The Labute approximate surface area is 177 Å². The number of anilines is 1. The highest BCUT2D eigenvalue weighted by Gasteiger charge is 2.25. The van der Waals surface area contributed by atoms with Gasteiger partial charge in [-0.15, -0.1) is 0 Å². The molecule has 0 heterocycles. The van der Waals surface area contributed by atoms with E-state index in [0.29, 0.717) is 13.1 Å². The van der Waals surface area contributed by atoms with Gasteiger partial charge in [-0.1, -0.05) is 31.5 Å². The number of rotatable bonds is 9. The van der Waals surface area contributed by atoms with E-state index in [-0.39, 0.29) is 32.9 Å². The second-order valence-corrected chi connectivity index (χ2v) is 10.2. The molecule has 0 aliphatic heterocycles. The minimum Gasteiger partial charge on any atom is -0.492 e. The molecule has 0 aliphatic carbocycles. The highest BCUT2D eigenvalue weighted by atomic mass is 35.5. The quantitative estimate of drug-likeness (QED) is 0.613. The molecule has 160 valence electrons. The molecule has 0 fully saturated rings. The third-order valence-corrected chi connectivity index (χ3v) is 8.11. The molecule has 2 aromatic carbocycles. The van der Waals surface area contributed by atoms with E-state index in [2.05, 4.69) is 4.72 Å². The molecule has 0 atom stereocenters. The number of halogens is 1. The molecule has 29 heavy (non-hydrogen) atoms. The van der Waals surface area contributed by atoms with Crippen molar-refractivity contribution in [3.8, 4) is 5.75 Å². The van der Waals surface area contributed by atoms with Crippen LogP contribution in [-0.2, 0) is 20.0 Å². The average molecular weight is 461 g/mol. The summed E-state index contributed by atoms with van der Waals surface area (Å²) in [5.41, 5.74) is 0.841. The van der Waals surface area contributed by atoms with E-state index < -0.39 is 20.0 Å². The fourth-order valence-electron chi connectivity index (χ4n) is 2.77. The van der Waals surface area contributed by atoms with Crippen LogP contribution in [0.1, 0.15) is 26.3 Å². The van der Waals surface area contributed by atoms with Crippen molar-refractivity contribution in [1.29, 1.82) is 0 Å². The van der Waals surface area contributed by atoms with E-state index in [0.717, 1.165) is 5.56 Å². The molecule has 2 aromatic rings. The van der Waals surface area contributed by atoms with Crippen LogP contribution in [-0.4, -0.2) is 40.8 Å². The van der Waals surface area contributed by atoms with Gasteiger partial charge in [0.05, 0.1) is 22.2 Å². The normalized spacial score (nSPS) is 12.2. The van der Waals surface area contributed by atoms with Crippen molar-refractivity contribution in [2.45, 2.75) is 37.5 Å². The van der Waals surface area contributed by atoms with Gasteiger partial charge >= 0.3 is 0 Å². The lowest BCUT2D eigenvalue weighted by Crippen LogP contribution is -2.30. The second-order valence-electron chi connectivity index (χ2n) is 6.22. The minimum atomic E-state index is -4.07. The molecule has 0 bridgehead atoms. The predicted molar refractivity (Wildman–Crippen MR) is 115 cm³/mol. The number of ether oxygens (including phenoxy) is 1. The van der Waals surface area contributed by atoms with Crippen molar-refractivity contribution in [2.24, 2.45) is 0 Å². The highest BCUT2D eigenvalue weighted by molar-refractivity contribution is 7.93. The molecule has 0 spiro atoms. The Morgan fingerprint density at radius 2 is 1.66 bits per heavy atom. The summed E-state index contributed by atoms with van der Waals surface area (Å²) < 4.78 is 60.6. The van der Waals surface area contributed by atoms with Crippen LogP contribution in [0.15, 0.2) is 46.2 Å². The molecular weight excluding hydrogens is 436 g/mol. The molecule has 7 nitrogen and oxygen atoms in total. The first-order valence-corrected chi connectivity index (χ1v) is 12.4. The zero-order valence-corrected chi connectivity index (χ0v) is 19.2. The van der Waals surface area contributed by atoms with Gasteiger partial charge in [-0.3, -0.25) is 4.72 Å². The maximum Gasteiger partial charge on any atom is 0.263 e. The van der Waals surface area contributed by atoms with E-state index in [1.807, 2.05) is 0 Å². The van der Waals surface area contributed by atoms with Crippen molar-refractivity contribution in [2.75, 3.05) is 24.4 Å². The average Bonchev–Trinajstić information content (AvgIpc) is 2.63. The number of sulfonamides is 2. The molecule has 0 amide bonds. The van der Waals surface area contributed by atoms with E-state index in [1.54, 1.807) is 39.8 Å². The largest absolute Gasteiger partial charge is 0.492 e. The lowest BCUT2D eigenvalue weighted by Gasteiger charge is -2.20. The van der Waals surface area contributed by atoms with Gasteiger partial charge in [0, 0.05) is 13.1 Å². The number of nitrogens with one attached hydrogen (secondary N) is 1. The van der Waals surface area contributed by atoms with Gasteiger partial charge in [-0.25, -0.2) is 16.8 Å². The Morgan fingerprint density at radius 3 is 2.21 bits per heavy atom. The monoisotopic (exact) mass is 460 g/mol. The summed E-state index contributed by atoms with van der Waals surface area (Å²) in [5, 5.41) is 0.0716. The number of aryl methyl sites for hydroxylation is 1. The summed E-state index contributed by atoms with van der Waals surface area (Å²) in [5.74, 6) is 0.220. The SMILES string of the molecule is CCOc1ccc(S(=O)(=O)N(CC)CC)cc1NS(=O)(=O)c1ccc(C)cc1Cl. The van der Waals surface area contributed by atoms with Crippen LogP contribution in [0.4, 0.5) is 5.69 Å². The Balaban J connectivity index is 2.55. The molecule has 0 unspecified atom stereocenters. The van der Waals surface area contributed by atoms with Crippen LogP contribution in [0.2, 0.25) is 5.02 Å². The lowest BCUT2D eigenvalue weighted by molar-refractivity contribution is 0.341. The third kappa shape index (κ3) is 5.22. The lowest BCUT2D eigenvalue weighted by atomic mass is 10.2. The van der Waals surface area contributed by atoms with Gasteiger partial charge in [0.25, 0.3) is 10.0 Å². The molecule has 0 saturated heterocycles. The minimum absolute atomic E-state index is 0.0247. The van der Waals surface area contributed by atoms with Crippen molar-refractivity contribution in [1.82, 2.24) is 4.31 Å². The molecule has 2 rings (SSSR count). The van der Waals surface area contributed by atoms with Gasteiger partial charge in [0.1, 0.15) is 10.6 Å². The Bertz CT molecular complexity index is 1080. The third-order valence-electron chi connectivity index (χ3n) is 4.22. The molecule has 0 aliphatic rings. The number of benzene rings is 2. The van der Waals surface area contributed by atoms with Crippen LogP contribution in [0, 0.1) is 6.92 Å². The number of hydrogen-bond donors (Lipinski definition) is 1. The van der Waals surface area contributed by atoms with Crippen molar-refractivity contribution < 1.29 is 21.6 Å². The molecule has 10 heteroatoms. The standard InChI is InChI=1S/C19H25ClN2O5S2/c1-5-22(6-2)29(25,26)15-9-10-18(27-7-3)17(13-15)21-28(23,24)19-11-8-14(4)12-16(19)20/h8-13,21H,5-7H2,1-4H3. The van der Waals surface area contributed by atoms with Gasteiger partial charge in [-0.05, 0) is 49.7 Å². The number of nitrogens with zero attached hydrogens (tertiary/aromatic N) is 1. The summed E-state index contributed by atoms with van der Waals surface area (Å²) in [4.78, 5) is -0.137. The Morgan fingerprint density at radius 1 is 1.00 bits per heavy atom. The predicted octanol–water partition coefficient (Wildman–Crippen LogP) is 3.88. The van der Waals surface area contributed by atoms with Crippen LogP contribution in [0.25, 0.3) is 0 Å². The Kier molecular flexibility index (Phi) is 7.56. The molecule has 0 aromatic heterocycles. The fraction of sp³-hybridized carbons (Fsp3) is 0.368. The molecule has 0 saturated carbocycles. The fourth-order valence-corrected chi connectivity index (χ4v) is 5.91. The first-order chi connectivity index (χ1) is 13.6. The first kappa shape index (κ1) is 23.5. The Hall–Kier alpha value is -1.81. The van der Waals surface area contributed by atoms with Crippen LogP contribution < -0.4 is 9.46 Å². The summed E-state index contributed by atoms with van der Waals surface area (Å²) >= 11 is 6.11. The van der Waals surface area contributed by atoms with Gasteiger partial charge < -0.3 is 4.74 Å². The molecular formula is C19H25ClN2O5S2. The number of hydrogen-bond acceptors (Lipinski definition) is 5.